The van der Waals surface area contributed by atoms with E-state index >= 15 is 0 Å². The summed E-state index contributed by atoms with van der Waals surface area (Å²) in [5.74, 6) is -1.59. The van der Waals surface area contributed by atoms with Gasteiger partial charge in [0.05, 0.1) is 16.6 Å². The molecule has 3 rings (SSSR count). The van der Waals surface area contributed by atoms with Crippen LogP contribution in [0.4, 0.5) is 0 Å². The van der Waals surface area contributed by atoms with Gasteiger partial charge in [0.25, 0.3) is 5.91 Å². The van der Waals surface area contributed by atoms with Crippen molar-refractivity contribution in [2.75, 3.05) is 5.43 Å². The predicted octanol–water partition coefficient (Wildman–Crippen LogP) is 3.03. The monoisotopic (exact) mass is 294 g/mol. The van der Waals surface area contributed by atoms with E-state index in [4.69, 9.17) is 5.11 Å². The van der Waals surface area contributed by atoms with Gasteiger partial charge < -0.3 is 5.11 Å². The van der Waals surface area contributed by atoms with Crippen molar-refractivity contribution in [2.45, 2.75) is 6.92 Å². The second-order valence-electron chi connectivity index (χ2n) is 4.99. The van der Waals surface area contributed by atoms with Crippen LogP contribution in [0, 0.1) is 6.92 Å². The van der Waals surface area contributed by atoms with Crippen LogP contribution < -0.4 is 5.43 Å². The molecule has 0 saturated carbocycles. The Morgan fingerprint density at radius 3 is 2.36 bits per heavy atom. The summed E-state index contributed by atoms with van der Waals surface area (Å²) in [7, 11) is 0. The average Bonchev–Trinajstić information content (AvgIpc) is 2.84. The normalized spacial score (nSPS) is 10.6. The van der Waals surface area contributed by atoms with E-state index in [9.17, 15) is 9.59 Å². The molecule has 0 radical (unpaired) electrons. The zero-order chi connectivity index (χ0) is 15.7. The predicted molar refractivity (Wildman–Crippen MR) is 83.8 cm³/mol. The van der Waals surface area contributed by atoms with Gasteiger partial charge in [-0.2, -0.15) is 0 Å². The smallest absolute Gasteiger partial charge is 0.336 e. The minimum absolute atomic E-state index is 0.0202. The number of benzene rings is 2. The molecule has 5 heteroatoms. The Morgan fingerprint density at radius 2 is 1.64 bits per heavy atom. The third-order valence-corrected chi connectivity index (χ3v) is 3.54. The van der Waals surface area contributed by atoms with Crippen molar-refractivity contribution in [1.82, 2.24) is 4.68 Å². The van der Waals surface area contributed by atoms with Gasteiger partial charge in [0.2, 0.25) is 0 Å². The van der Waals surface area contributed by atoms with E-state index < -0.39 is 11.9 Å². The van der Waals surface area contributed by atoms with Crippen LogP contribution in [-0.2, 0) is 0 Å². The molecule has 0 unspecified atom stereocenters. The summed E-state index contributed by atoms with van der Waals surface area (Å²) in [4.78, 5) is 23.6. The molecule has 0 atom stereocenters. The topological polar surface area (TPSA) is 71.3 Å². The molecule has 0 bridgehead atoms. The Labute approximate surface area is 126 Å². The Kier molecular flexibility index (Phi) is 3.39. The number of aryl methyl sites for hydroxylation is 1. The molecule has 0 spiro atoms. The molecule has 110 valence electrons. The van der Waals surface area contributed by atoms with Gasteiger partial charge in [-0.25, -0.2) is 4.79 Å². The summed E-state index contributed by atoms with van der Waals surface area (Å²) in [6, 6.07) is 13.8. The van der Waals surface area contributed by atoms with Gasteiger partial charge in [-0.15, -0.1) is 0 Å². The number of carbonyl (C=O) groups is 2. The maximum Gasteiger partial charge on any atom is 0.336 e. The molecule has 2 N–H and O–H groups in total. The number of para-hydroxylation sites is 1. The first-order valence-electron chi connectivity index (χ1n) is 6.78. The summed E-state index contributed by atoms with van der Waals surface area (Å²) >= 11 is 0. The maximum atomic E-state index is 12.4. The van der Waals surface area contributed by atoms with Crippen molar-refractivity contribution in [3.8, 4) is 0 Å². The summed E-state index contributed by atoms with van der Waals surface area (Å²) < 4.78 is 1.62. The number of carboxylic acids is 1. The molecule has 0 fully saturated rings. The lowest BCUT2D eigenvalue weighted by Gasteiger charge is -2.09. The molecule has 0 aliphatic rings. The highest BCUT2D eigenvalue weighted by molar-refractivity contribution is 6.08. The number of aromatic nitrogens is 1. The molecule has 1 heterocycles. The summed E-state index contributed by atoms with van der Waals surface area (Å²) in [6.07, 6.45) is 1.81. The molecule has 2 aromatic carbocycles. The number of hydrogen-bond donors (Lipinski definition) is 2. The second-order valence-corrected chi connectivity index (χ2v) is 4.99. The number of amides is 1. The fourth-order valence-corrected chi connectivity index (χ4v) is 2.48. The third kappa shape index (κ3) is 2.33. The lowest BCUT2D eigenvalue weighted by molar-refractivity contribution is 0.0692. The van der Waals surface area contributed by atoms with Crippen molar-refractivity contribution in [1.29, 1.82) is 0 Å². The van der Waals surface area contributed by atoms with Gasteiger partial charge in [0, 0.05) is 11.6 Å². The lowest BCUT2D eigenvalue weighted by atomic mass is 10.1. The SMILES string of the molecule is Cc1cn(NC(=O)c2ccccc2C(=O)O)c2ccccc12. The van der Waals surface area contributed by atoms with E-state index in [2.05, 4.69) is 5.43 Å². The average molecular weight is 294 g/mol. The van der Waals surface area contributed by atoms with Gasteiger partial charge in [-0.3, -0.25) is 14.9 Å². The van der Waals surface area contributed by atoms with Crippen LogP contribution in [0.5, 0.6) is 0 Å². The number of aromatic carboxylic acids is 1. The number of fused-ring (bicyclic) bond motifs is 1. The van der Waals surface area contributed by atoms with Crippen LogP contribution in [0.3, 0.4) is 0 Å². The van der Waals surface area contributed by atoms with Crippen LogP contribution in [0.2, 0.25) is 0 Å². The zero-order valence-corrected chi connectivity index (χ0v) is 11.9. The van der Waals surface area contributed by atoms with Crippen LogP contribution in [0.1, 0.15) is 26.3 Å². The van der Waals surface area contributed by atoms with Crippen molar-refractivity contribution in [3.63, 3.8) is 0 Å². The second kappa shape index (κ2) is 5.37. The highest BCUT2D eigenvalue weighted by Crippen LogP contribution is 2.19. The molecule has 1 amide bonds. The number of carbonyl (C=O) groups excluding carboxylic acids is 1. The van der Waals surface area contributed by atoms with E-state index in [1.807, 2.05) is 37.4 Å². The van der Waals surface area contributed by atoms with Crippen molar-refractivity contribution < 1.29 is 14.7 Å². The van der Waals surface area contributed by atoms with E-state index in [0.29, 0.717) is 0 Å². The van der Waals surface area contributed by atoms with Gasteiger partial charge in [0.15, 0.2) is 0 Å². The summed E-state index contributed by atoms with van der Waals surface area (Å²) in [5, 5.41) is 10.2. The Bertz CT molecular complexity index is 880. The Morgan fingerprint density at radius 1 is 1.00 bits per heavy atom. The maximum absolute atomic E-state index is 12.4. The molecule has 0 aliphatic carbocycles. The van der Waals surface area contributed by atoms with Crippen molar-refractivity contribution in [3.05, 3.63) is 71.4 Å². The van der Waals surface area contributed by atoms with E-state index in [-0.39, 0.29) is 11.1 Å². The number of rotatable bonds is 3. The Hall–Kier alpha value is -3.08. The molecule has 0 saturated heterocycles. The van der Waals surface area contributed by atoms with Crippen molar-refractivity contribution >= 4 is 22.8 Å². The summed E-state index contributed by atoms with van der Waals surface area (Å²) in [6.45, 7) is 1.95. The number of hydrogen-bond acceptors (Lipinski definition) is 2. The number of carboxylic acid groups (broad SMARTS) is 1. The van der Waals surface area contributed by atoms with Crippen LogP contribution in [0.15, 0.2) is 54.7 Å². The minimum Gasteiger partial charge on any atom is -0.478 e. The first-order valence-corrected chi connectivity index (χ1v) is 6.78. The van der Waals surface area contributed by atoms with E-state index in [0.717, 1.165) is 16.5 Å². The standard InChI is InChI=1S/C17H14N2O3/c1-11-10-19(15-9-5-4-6-12(11)15)18-16(20)13-7-2-3-8-14(13)17(21)22/h2-10H,1H3,(H,18,20)(H,21,22). The quantitative estimate of drug-likeness (QED) is 0.780. The number of nitrogens with one attached hydrogen (secondary N) is 1. The van der Waals surface area contributed by atoms with Gasteiger partial charge in [0.1, 0.15) is 0 Å². The first kappa shape index (κ1) is 13.9. The molecule has 3 aromatic rings. The van der Waals surface area contributed by atoms with E-state index in [1.165, 1.54) is 12.1 Å². The van der Waals surface area contributed by atoms with Crippen LogP contribution in [0.25, 0.3) is 10.9 Å². The number of nitrogens with zero attached hydrogens (tertiary/aromatic N) is 1. The van der Waals surface area contributed by atoms with Crippen LogP contribution in [-0.4, -0.2) is 21.7 Å². The fraction of sp³-hybridized carbons (Fsp3) is 0.0588. The molecular formula is C17H14N2O3. The van der Waals surface area contributed by atoms with Crippen molar-refractivity contribution in [2.24, 2.45) is 0 Å². The molecule has 1 aromatic heterocycles. The third-order valence-electron chi connectivity index (χ3n) is 3.54. The highest BCUT2D eigenvalue weighted by Gasteiger charge is 2.16. The largest absolute Gasteiger partial charge is 0.478 e. The summed E-state index contributed by atoms with van der Waals surface area (Å²) in [5.41, 5.74) is 4.73. The van der Waals surface area contributed by atoms with Gasteiger partial charge in [-0.1, -0.05) is 30.3 Å². The zero-order valence-electron chi connectivity index (χ0n) is 11.9. The molecule has 5 nitrogen and oxygen atoms in total. The lowest BCUT2D eigenvalue weighted by Crippen LogP contribution is -2.24. The highest BCUT2D eigenvalue weighted by atomic mass is 16.4. The minimum atomic E-state index is -1.13. The van der Waals surface area contributed by atoms with Gasteiger partial charge in [-0.05, 0) is 30.7 Å². The molecule has 22 heavy (non-hydrogen) atoms. The fourth-order valence-electron chi connectivity index (χ4n) is 2.48. The molecule has 0 aliphatic heterocycles. The van der Waals surface area contributed by atoms with Crippen LogP contribution >= 0.6 is 0 Å². The first-order chi connectivity index (χ1) is 10.6. The Balaban J connectivity index is 1.99. The van der Waals surface area contributed by atoms with Gasteiger partial charge >= 0.3 is 5.97 Å². The van der Waals surface area contributed by atoms with E-state index in [1.54, 1.807) is 16.8 Å². The molecular weight excluding hydrogens is 280 g/mol.